The zero-order valence-electron chi connectivity index (χ0n) is 14.1. The third-order valence-corrected chi connectivity index (χ3v) is 3.90. The molecule has 0 fully saturated rings. The van der Waals surface area contributed by atoms with Crippen molar-refractivity contribution in [2.45, 2.75) is 32.8 Å². The molecule has 0 atom stereocenters. The van der Waals surface area contributed by atoms with Gasteiger partial charge in [0.25, 0.3) is 5.56 Å². The smallest absolute Gasteiger partial charge is 0.268 e. The summed E-state index contributed by atoms with van der Waals surface area (Å²) >= 11 is 0. The topological polar surface area (TPSA) is 116 Å². The number of nitrogen functional groups attached to an aromatic ring is 1. The van der Waals surface area contributed by atoms with E-state index in [0.29, 0.717) is 18.8 Å². The minimum atomic E-state index is -0.604. The molecule has 1 aromatic carbocycles. The Hall–Kier alpha value is -3.09. The fraction of sp³-hybridized carbons (Fsp3) is 0.316. The zero-order valence-corrected chi connectivity index (χ0v) is 14.1. The number of aromatic amines is 1. The van der Waals surface area contributed by atoms with Gasteiger partial charge in [-0.05, 0) is 17.5 Å². The monoisotopic (exact) mass is 336 g/mol. The van der Waals surface area contributed by atoms with Crippen molar-refractivity contribution < 1.29 is 4.74 Å². The second-order valence-electron chi connectivity index (χ2n) is 5.63. The second-order valence-corrected chi connectivity index (χ2v) is 5.63. The maximum absolute atomic E-state index is 12.1. The molecule has 2 aromatic rings. The highest BCUT2D eigenvalue weighted by Gasteiger charge is 2.20. The van der Waals surface area contributed by atoms with E-state index < -0.39 is 5.56 Å². The number of pyridine rings is 1. The van der Waals surface area contributed by atoms with Crippen LogP contribution in [0.15, 0.2) is 29.1 Å². The number of nitriles is 2. The molecule has 3 N–H and O–H groups in total. The minimum absolute atomic E-state index is 0.0415. The molecule has 1 heterocycles. The summed E-state index contributed by atoms with van der Waals surface area (Å²) < 4.78 is 5.71. The summed E-state index contributed by atoms with van der Waals surface area (Å²) in [6.45, 7) is 3.09. The number of nitrogens with one attached hydrogen (secondary N) is 1. The van der Waals surface area contributed by atoms with Gasteiger partial charge >= 0.3 is 0 Å². The standard InChI is InChI=1S/C19H20N4O2/c1-2-3-6-9-25-12-13-7-4-5-8-14(13)17-15(10-20)18(22)23-19(24)16(17)11-21/h4-5,7-8H,2-3,6,9,12H2,1H3,(H3,22,23,24). The van der Waals surface area contributed by atoms with Gasteiger partial charge in [-0.2, -0.15) is 10.5 Å². The molecule has 0 radical (unpaired) electrons. The number of anilines is 1. The average molecular weight is 336 g/mol. The summed E-state index contributed by atoms with van der Waals surface area (Å²) in [5.74, 6) is -0.0415. The summed E-state index contributed by atoms with van der Waals surface area (Å²) in [6.07, 6.45) is 3.19. The third kappa shape index (κ3) is 4.06. The summed E-state index contributed by atoms with van der Waals surface area (Å²) in [6, 6.07) is 11.1. The summed E-state index contributed by atoms with van der Waals surface area (Å²) in [5.41, 5.74) is 6.83. The average Bonchev–Trinajstić information content (AvgIpc) is 2.61. The van der Waals surface area contributed by atoms with Crippen LogP contribution >= 0.6 is 0 Å². The van der Waals surface area contributed by atoms with Crippen LogP contribution < -0.4 is 11.3 Å². The Labute approximate surface area is 146 Å². The van der Waals surface area contributed by atoms with Gasteiger partial charge in [0.2, 0.25) is 0 Å². The first kappa shape index (κ1) is 18.3. The fourth-order valence-corrected chi connectivity index (χ4v) is 2.64. The minimum Gasteiger partial charge on any atom is -0.384 e. The molecule has 0 saturated heterocycles. The van der Waals surface area contributed by atoms with Gasteiger partial charge in [-0.3, -0.25) is 4.79 Å². The lowest BCUT2D eigenvalue weighted by molar-refractivity contribution is 0.117. The van der Waals surface area contributed by atoms with Gasteiger partial charge in [0.1, 0.15) is 29.1 Å². The number of H-pyrrole nitrogens is 1. The Bertz CT molecular complexity index is 888. The van der Waals surface area contributed by atoms with E-state index >= 15 is 0 Å². The molecule has 25 heavy (non-hydrogen) atoms. The van der Waals surface area contributed by atoms with Crippen LogP contribution in [-0.2, 0) is 11.3 Å². The van der Waals surface area contributed by atoms with Crippen molar-refractivity contribution in [1.82, 2.24) is 4.98 Å². The number of aromatic nitrogens is 1. The number of benzene rings is 1. The summed E-state index contributed by atoms with van der Waals surface area (Å²) in [7, 11) is 0. The molecule has 0 aliphatic rings. The Morgan fingerprint density at radius 2 is 1.88 bits per heavy atom. The Kier molecular flexibility index (Phi) is 6.33. The van der Waals surface area contributed by atoms with Gasteiger partial charge in [0, 0.05) is 12.2 Å². The molecule has 128 valence electrons. The number of ether oxygens (including phenoxy) is 1. The molecular weight excluding hydrogens is 316 g/mol. The largest absolute Gasteiger partial charge is 0.384 e. The predicted octanol–water partition coefficient (Wildman–Crippen LogP) is 3.07. The lowest BCUT2D eigenvalue weighted by atomic mass is 9.93. The number of rotatable bonds is 7. The number of unbranched alkanes of at least 4 members (excludes halogenated alkanes) is 2. The zero-order chi connectivity index (χ0) is 18.2. The highest BCUT2D eigenvalue weighted by molar-refractivity contribution is 5.81. The van der Waals surface area contributed by atoms with Gasteiger partial charge in [-0.25, -0.2) is 0 Å². The van der Waals surface area contributed by atoms with Crippen molar-refractivity contribution in [3.05, 3.63) is 51.3 Å². The number of nitrogens with zero attached hydrogens (tertiary/aromatic N) is 2. The molecule has 6 heteroatoms. The molecule has 2 rings (SSSR count). The van der Waals surface area contributed by atoms with E-state index in [1.165, 1.54) is 0 Å². The Balaban J connectivity index is 2.48. The van der Waals surface area contributed by atoms with Gasteiger partial charge in [0.05, 0.1) is 6.61 Å². The van der Waals surface area contributed by atoms with Gasteiger partial charge < -0.3 is 15.5 Å². The first-order valence-electron chi connectivity index (χ1n) is 8.16. The van der Waals surface area contributed by atoms with Gasteiger partial charge in [-0.1, -0.05) is 44.0 Å². The van der Waals surface area contributed by atoms with Crippen LogP contribution in [0.3, 0.4) is 0 Å². The van der Waals surface area contributed by atoms with Crippen LogP contribution in [0.1, 0.15) is 42.9 Å². The lowest BCUT2D eigenvalue weighted by Gasteiger charge is -2.13. The van der Waals surface area contributed by atoms with E-state index in [4.69, 9.17) is 10.5 Å². The molecule has 0 aliphatic carbocycles. The quantitative estimate of drug-likeness (QED) is 0.754. The summed E-state index contributed by atoms with van der Waals surface area (Å²) in [4.78, 5) is 14.4. The predicted molar refractivity (Wildman–Crippen MR) is 95.5 cm³/mol. The van der Waals surface area contributed by atoms with Crippen LogP contribution in [-0.4, -0.2) is 11.6 Å². The third-order valence-electron chi connectivity index (χ3n) is 3.90. The van der Waals surface area contributed by atoms with Crippen molar-refractivity contribution in [3.8, 4) is 23.3 Å². The van der Waals surface area contributed by atoms with E-state index in [9.17, 15) is 15.3 Å². The summed E-state index contributed by atoms with van der Waals surface area (Å²) in [5, 5.41) is 18.8. The first-order chi connectivity index (χ1) is 12.1. The molecular formula is C19H20N4O2. The van der Waals surface area contributed by atoms with Crippen molar-refractivity contribution in [2.75, 3.05) is 12.3 Å². The molecule has 0 saturated carbocycles. The van der Waals surface area contributed by atoms with Crippen molar-refractivity contribution in [3.63, 3.8) is 0 Å². The van der Waals surface area contributed by atoms with E-state index in [-0.39, 0.29) is 22.5 Å². The van der Waals surface area contributed by atoms with Crippen LogP contribution in [0, 0.1) is 22.7 Å². The first-order valence-corrected chi connectivity index (χ1v) is 8.16. The van der Waals surface area contributed by atoms with E-state index in [0.717, 1.165) is 24.8 Å². The highest BCUT2D eigenvalue weighted by atomic mass is 16.5. The van der Waals surface area contributed by atoms with Crippen LogP contribution in [0.25, 0.3) is 11.1 Å². The fourth-order valence-electron chi connectivity index (χ4n) is 2.64. The Morgan fingerprint density at radius 3 is 2.56 bits per heavy atom. The van der Waals surface area contributed by atoms with Crippen molar-refractivity contribution >= 4 is 5.82 Å². The Morgan fingerprint density at radius 1 is 1.16 bits per heavy atom. The van der Waals surface area contributed by atoms with Crippen LogP contribution in [0.2, 0.25) is 0 Å². The van der Waals surface area contributed by atoms with E-state index in [1.54, 1.807) is 12.1 Å². The van der Waals surface area contributed by atoms with Gasteiger partial charge in [-0.15, -0.1) is 0 Å². The second kappa shape index (κ2) is 8.68. The van der Waals surface area contributed by atoms with Crippen LogP contribution in [0.4, 0.5) is 5.82 Å². The molecule has 0 spiro atoms. The number of hydrogen-bond donors (Lipinski definition) is 2. The van der Waals surface area contributed by atoms with Crippen LogP contribution in [0.5, 0.6) is 0 Å². The van der Waals surface area contributed by atoms with Gasteiger partial charge in [0.15, 0.2) is 0 Å². The molecule has 0 unspecified atom stereocenters. The molecule has 0 aliphatic heterocycles. The lowest BCUT2D eigenvalue weighted by Crippen LogP contribution is -2.16. The van der Waals surface area contributed by atoms with Crippen molar-refractivity contribution in [1.29, 1.82) is 10.5 Å². The number of nitrogens with two attached hydrogens (primary N) is 1. The maximum Gasteiger partial charge on any atom is 0.268 e. The SMILES string of the molecule is CCCCCOCc1ccccc1-c1c(C#N)c(N)[nH]c(=O)c1C#N. The number of hydrogen-bond acceptors (Lipinski definition) is 5. The molecule has 1 aromatic heterocycles. The van der Waals surface area contributed by atoms with Crippen molar-refractivity contribution in [2.24, 2.45) is 0 Å². The maximum atomic E-state index is 12.1. The van der Waals surface area contributed by atoms with E-state index in [1.807, 2.05) is 24.3 Å². The van der Waals surface area contributed by atoms with E-state index in [2.05, 4.69) is 11.9 Å². The molecule has 0 bridgehead atoms. The highest BCUT2D eigenvalue weighted by Crippen LogP contribution is 2.31. The molecule has 0 amide bonds. The normalized spacial score (nSPS) is 10.2. The molecule has 6 nitrogen and oxygen atoms in total.